The molecule has 1 N–H and O–H groups in total. The summed E-state index contributed by atoms with van der Waals surface area (Å²) in [7, 11) is 0. The van der Waals surface area contributed by atoms with E-state index in [1.165, 1.54) is 0 Å². The van der Waals surface area contributed by atoms with Gasteiger partial charge in [-0.2, -0.15) is 4.98 Å². The maximum atomic E-state index is 12.6. The van der Waals surface area contributed by atoms with Crippen LogP contribution in [0.4, 0.5) is 0 Å². The smallest absolute Gasteiger partial charge is 0.246 e. The van der Waals surface area contributed by atoms with Crippen molar-refractivity contribution in [2.45, 2.75) is 45.2 Å². The maximum Gasteiger partial charge on any atom is 0.246 e. The minimum Gasteiger partial charge on any atom is -0.345 e. The van der Waals surface area contributed by atoms with Crippen molar-refractivity contribution in [1.82, 2.24) is 20.4 Å². The van der Waals surface area contributed by atoms with E-state index in [9.17, 15) is 14.4 Å². The van der Waals surface area contributed by atoms with Gasteiger partial charge in [-0.25, -0.2) is 0 Å². The Bertz CT molecular complexity index is 918. The van der Waals surface area contributed by atoms with Crippen molar-refractivity contribution >= 4 is 29.3 Å². The molecular formula is C20H21ClN4O4. The number of fused-ring (bicyclic) bond motifs is 1. The average molecular weight is 417 g/mol. The Morgan fingerprint density at radius 1 is 1.21 bits per heavy atom. The fraction of sp³-hybridized carbons (Fsp3) is 0.450. The van der Waals surface area contributed by atoms with Gasteiger partial charge in [-0.15, -0.1) is 0 Å². The van der Waals surface area contributed by atoms with Crippen molar-refractivity contribution in [3.63, 3.8) is 0 Å². The third-order valence-corrected chi connectivity index (χ3v) is 5.88. The van der Waals surface area contributed by atoms with Gasteiger partial charge >= 0.3 is 0 Å². The number of benzene rings is 1. The lowest BCUT2D eigenvalue weighted by molar-refractivity contribution is -0.147. The highest BCUT2D eigenvalue weighted by Crippen LogP contribution is 2.38. The minimum absolute atomic E-state index is 0.00679. The van der Waals surface area contributed by atoms with Gasteiger partial charge in [-0.1, -0.05) is 29.6 Å². The first-order valence-electron chi connectivity index (χ1n) is 9.69. The topological polar surface area (TPSA) is 105 Å². The van der Waals surface area contributed by atoms with Gasteiger partial charge in [-0.3, -0.25) is 19.3 Å². The van der Waals surface area contributed by atoms with Gasteiger partial charge in [0.25, 0.3) is 0 Å². The summed E-state index contributed by atoms with van der Waals surface area (Å²) in [4.78, 5) is 43.2. The van der Waals surface area contributed by atoms with Crippen LogP contribution >= 0.6 is 11.6 Å². The van der Waals surface area contributed by atoms with Gasteiger partial charge in [0, 0.05) is 10.6 Å². The number of rotatable bonds is 5. The quantitative estimate of drug-likeness (QED) is 0.751. The molecule has 2 aliphatic rings. The van der Waals surface area contributed by atoms with Crippen LogP contribution in [0.3, 0.4) is 0 Å². The van der Waals surface area contributed by atoms with Crippen molar-refractivity contribution in [3.05, 3.63) is 35.2 Å². The molecule has 0 bridgehead atoms. The lowest BCUT2D eigenvalue weighted by Crippen LogP contribution is -2.48. The van der Waals surface area contributed by atoms with Crippen LogP contribution in [-0.4, -0.2) is 38.8 Å². The van der Waals surface area contributed by atoms with Crippen LogP contribution in [0.25, 0.3) is 11.4 Å². The first kappa shape index (κ1) is 19.6. The normalized spacial score (nSPS) is 22.5. The van der Waals surface area contributed by atoms with Crippen molar-refractivity contribution in [2.24, 2.45) is 11.8 Å². The number of carbonyl (C=O) groups is 3. The van der Waals surface area contributed by atoms with Crippen molar-refractivity contribution in [1.29, 1.82) is 0 Å². The second-order valence-corrected chi connectivity index (χ2v) is 7.89. The van der Waals surface area contributed by atoms with E-state index in [-0.39, 0.29) is 36.1 Å². The van der Waals surface area contributed by atoms with Crippen molar-refractivity contribution in [3.8, 4) is 11.4 Å². The van der Waals surface area contributed by atoms with Gasteiger partial charge in [0.2, 0.25) is 29.4 Å². The van der Waals surface area contributed by atoms with E-state index in [1.54, 1.807) is 31.2 Å². The number of amides is 3. The summed E-state index contributed by atoms with van der Waals surface area (Å²) in [5, 5.41) is 7.16. The predicted octanol–water partition coefficient (Wildman–Crippen LogP) is 2.57. The standard InChI is InChI=1S/C20H21ClN4O4/c1-11(25-19(27)14-4-2-3-5-15(14)20(25)28)18(26)22-10-16-23-17(24-29-16)12-6-8-13(21)9-7-12/h6-9,11,14-15H,2-5,10H2,1H3,(H,22,26). The number of aromatic nitrogens is 2. The highest BCUT2D eigenvalue weighted by atomic mass is 35.5. The molecule has 3 atom stereocenters. The molecule has 1 aromatic heterocycles. The summed E-state index contributed by atoms with van der Waals surface area (Å²) in [6.45, 7) is 1.57. The Labute approximate surface area is 172 Å². The number of nitrogens with zero attached hydrogens (tertiary/aromatic N) is 3. The summed E-state index contributed by atoms with van der Waals surface area (Å²) in [6, 6.07) is 6.10. The molecule has 29 heavy (non-hydrogen) atoms. The van der Waals surface area contributed by atoms with Crippen LogP contribution in [-0.2, 0) is 20.9 Å². The fourth-order valence-corrected chi connectivity index (χ4v) is 4.17. The molecule has 2 aromatic rings. The zero-order chi connectivity index (χ0) is 20.5. The molecule has 2 heterocycles. The van der Waals surface area contributed by atoms with Crippen LogP contribution in [0.15, 0.2) is 28.8 Å². The highest BCUT2D eigenvalue weighted by molar-refractivity contribution is 6.30. The molecule has 2 fully saturated rings. The lowest BCUT2D eigenvalue weighted by Gasteiger charge is -2.22. The van der Waals surface area contributed by atoms with E-state index >= 15 is 0 Å². The van der Waals surface area contributed by atoms with Gasteiger partial charge in [-0.05, 0) is 44.0 Å². The van der Waals surface area contributed by atoms with Crippen molar-refractivity contribution in [2.75, 3.05) is 0 Å². The number of hydrogen-bond acceptors (Lipinski definition) is 6. The number of carbonyl (C=O) groups excluding carboxylic acids is 3. The summed E-state index contributed by atoms with van der Waals surface area (Å²) >= 11 is 5.87. The van der Waals surface area contributed by atoms with E-state index in [2.05, 4.69) is 15.5 Å². The third-order valence-electron chi connectivity index (χ3n) is 5.63. The first-order chi connectivity index (χ1) is 14.0. The molecule has 0 spiro atoms. The Morgan fingerprint density at radius 3 is 2.45 bits per heavy atom. The Balaban J connectivity index is 1.38. The van der Waals surface area contributed by atoms with Crippen LogP contribution in [0.1, 0.15) is 38.5 Å². The average Bonchev–Trinajstić information content (AvgIpc) is 3.30. The summed E-state index contributed by atoms with van der Waals surface area (Å²) in [6.07, 6.45) is 3.33. The van der Waals surface area contributed by atoms with E-state index < -0.39 is 11.9 Å². The second kappa shape index (κ2) is 7.94. The number of hydrogen-bond donors (Lipinski definition) is 1. The fourth-order valence-electron chi connectivity index (χ4n) is 4.04. The first-order valence-corrected chi connectivity index (χ1v) is 10.1. The largest absolute Gasteiger partial charge is 0.345 e. The Morgan fingerprint density at radius 2 is 1.83 bits per heavy atom. The Kier molecular flexibility index (Phi) is 5.36. The van der Waals surface area contributed by atoms with Crippen LogP contribution in [0.5, 0.6) is 0 Å². The molecule has 1 aliphatic heterocycles. The summed E-state index contributed by atoms with van der Waals surface area (Å²) < 4.78 is 5.17. The van der Waals surface area contributed by atoms with Crippen LogP contribution < -0.4 is 5.32 Å². The molecule has 152 valence electrons. The summed E-state index contributed by atoms with van der Waals surface area (Å²) in [5.41, 5.74) is 0.736. The molecule has 1 saturated heterocycles. The number of halogens is 1. The minimum atomic E-state index is -0.876. The van der Waals surface area contributed by atoms with E-state index in [0.717, 1.165) is 36.1 Å². The van der Waals surface area contributed by atoms with E-state index in [1.807, 2.05) is 0 Å². The number of likely N-dealkylation sites (tertiary alicyclic amines) is 1. The molecule has 9 heteroatoms. The molecule has 4 rings (SSSR count). The summed E-state index contributed by atoms with van der Waals surface area (Å²) in [5.74, 6) is -0.836. The predicted molar refractivity (Wildman–Crippen MR) is 103 cm³/mol. The molecule has 0 radical (unpaired) electrons. The van der Waals surface area contributed by atoms with Crippen LogP contribution in [0, 0.1) is 11.8 Å². The molecule has 1 aromatic carbocycles. The van der Waals surface area contributed by atoms with E-state index in [4.69, 9.17) is 16.1 Å². The van der Waals surface area contributed by atoms with Crippen LogP contribution in [0.2, 0.25) is 5.02 Å². The lowest BCUT2D eigenvalue weighted by atomic mass is 9.81. The number of imide groups is 1. The zero-order valence-electron chi connectivity index (χ0n) is 15.9. The second-order valence-electron chi connectivity index (χ2n) is 7.46. The molecule has 1 saturated carbocycles. The third kappa shape index (κ3) is 3.76. The van der Waals surface area contributed by atoms with E-state index in [0.29, 0.717) is 10.8 Å². The van der Waals surface area contributed by atoms with Gasteiger partial charge in [0.1, 0.15) is 6.04 Å². The molecule has 8 nitrogen and oxygen atoms in total. The maximum absolute atomic E-state index is 12.6. The van der Waals surface area contributed by atoms with Crippen molar-refractivity contribution < 1.29 is 18.9 Å². The van der Waals surface area contributed by atoms with Gasteiger partial charge in [0.05, 0.1) is 18.4 Å². The molecule has 3 amide bonds. The van der Waals surface area contributed by atoms with Gasteiger partial charge in [0.15, 0.2) is 0 Å². The SMILES string of the molecule is CC(C(=O)NCc1nc(-c2ccc(Cl)cc2)no1)N1C(=O)C2CCCCC2C1=O. The Hall–Kier alpha value is -2.74. The highest BCUT2D eigenvalue weighted by Gasteiger charge is 2.50. The molecule has 3 unspecified atom stereocenters. The van der Waals surface area contributed by atoms with Gasteiger partial charge < -0.3 is 9.84 Å². The zero-order valence-corrected chi connectivity index (χ0v) is 16.7. The molecule has 1 aliphatic carbocycles. The molecular weight excluding hydrogens is 396 g/mol. The monoisotopic (exact) mass is 416 g/mol. The number of nitrogens with one attached hydrogen (secondary N) is 1.